The Morgan fingerprint density at radius 2 is 1.90 bits per heavy atom. The van der Waals surface area contributed by atoms with E-state index >= 15 is 0 Å². The highest BCUT2D eigenvalue weighted by atomic mass is 16.2. The molecule has 0 atom stereocenters. The van der Waals surface area contributed by atoms with Crippen LogP contribution in [0.2, 0.25) is 0 Å². The molecule has 2 amide bonds. The van der Waals surface area contributed by atoms with E-state index in [1.165, 1.54) is 29.3 Å². The second-order valence-electron chi connectivity index (χ2n) is 7.74. The first-order valence-corrected chi connectivity index (χ1v) is 10.5. The van der Waals surface area contributed by atoms with Crippen molar-refractivity contribution in [1.82, 2.24) is 19.7 Å². The van der Waals surface area contributed by atoms with Crippen LogP contribution >= 0.6 is 0 Å². The van der Waals surface area contributed by atoms with Crippen molar-refractivity contribution >= 4 is 17.5 Å². The van der Waals surface area contributed by atoms with Crippen molar-refractivity contribution in [3.63, 3.8) is 0 Å². The largest absolute Gasteiger partial charge is 0.349 e. The number of hydrogen-bond donors (Lipinski definition) is 2. The monoisotopic (exact) mass is 419 g/mol. The summed E-state index contributed by atoms with van der Waals surface area (Å²) in [4.78, 5) is 37.3. The minimum atomic E-state index is -0.357. The molecule has 0 unspecified atom stereocenters. The Labute approximate surface area is 179 Å². The Bertz CT molecular complexity index is 1110. The molecular weight excluding hydrogens is 394 g/mol. The standard InChI is InChI=1S/C23H25N5O3/c29-21(25-19-8-4-9-20(14-19)28-13-5-12-24-28)16-27-15-17(10-11-22(27)30)23(31)26-18-6-2-1-3-7-18/h4-5,8-15,18H,1-3,6-7,16H2,(H,25,29)(H,26,31). The zero-order valence-electron chi connectivity index (χ0n) is 17.2. The van der Waals surface area contributed by atoms with Crippen molar-refractivity contribution in [2.45, 2.75) is 44.7 Å². The van der Waals surface area contributed by atoms with Crippen LogP contribution in [0, 0.1) is 0 Å². The van der Waals surface area contributed by atoms with Crippen LogP contribution in [0.15, 0.2) is 65.8 Å². The van der Waals surface area contributed by atoms with Crippen molar-refractivity contribution in [2.24, 2.45) is 0 Å². The highest BCUT2D eigenvalue weighted by molar-refractivity contribution is 5.94. The topological polar surface area (TPSA) is 98.0 Å². The van der Waals surface area contributed by atoms with Gasteiger partial charge in [0.15, 0.2) is 0 Å². The number of benzene rings is 1. The Kier molecular flexibility index (Phi) is 6.26. The number of pyridine rings is 1. The van der Waals surface area contributed by atoms with Crippen LogP contribution in [0.3, 0.4) is 0 Å². The van der Waals surface area contributed by atoms with Gasteiger partial charge in [0, 0.05) is 36.4 Å². The molecule has 31 heavy (non-hydrogen) atoms. The van der Waals surface area contributed by atoms with Crippen LogP contribution in [-0.2, 0) is 11.3 Å². The average Bonchev–Trinajstić information content (AvgIpc) is 3.31. The lowest BCUT2D eigenvalue weighted by molar-refractivity contribution is -0.116. The molecule has 0 saturated heterocycles. The van der Waals surface area contributed by atoms with Crippen LogP contribution < -0.4 is 16.2 Å². The zero-order valence-corrected chi connectivity index (χ0v) is 17.2. The molecule has 0 radical (unpaired) electrons. The van der Waals surface area contributed by atoms with Gasteiger partial charge in [0.1, 0.15) is 6.54 Å². The molecule has 1 fully saturated rings. The predicted molar refractivity (Wildman–Crippen MR) is 117 cm³/mol. The molecule has 4 rings (SSSR count). The predicted octanol–water partition coefficient (Wildman–Crippen LogP) is 2.74. The maximum Gasteiger partial charge on any atom is 0.252 e. The second-order valence-corrected chi connectivity index (χ2v) is 7.74. The quantitative estimate of drug-likeness (QED) is 0.642. The first kappa shape index (κ1) is 20.6. The summed E-state index contributed by atoms with van der Waals surface area (Å²) < 4.78 is 2.94. The minimum Gasteiger partial charge on any atom is -0.349 e. The van der Waals surface area contributed by atoms with Crippen molar-refractivity contribution in [1.29, 1.82) is 0 Å². The van der Waals surface area contributed by atoms with E-state index in [2.05, 4.69) is 15.7 Å². The molecule has 1 aromatic carbocycles. The van der Waals surface area contributed by atoms with Crippen molar-refractivity contribution < 1.29 is 9.59 Å². The molecule has 160 valence electrons. The van der Waals surface area contributed by atoms with Gasteiger partial charge in [-0.15, -0.1) is 0 Å². The maximum atomic E-state index is 12.6. The smallest absolute Gasteiger partial charge is 0.252 e. The summed E-state index contributed by atoms with van der Waals surface area (Å²) in [5.74, 6) is -0.572. The number of carbonyl (C=O) groups excluding carboxylic acids is 2. The number of amides is 2. The van der Waals surface area contributed by atoms with E-state index in [0.717, 1.165) is 31.4 Å². The summed E-state index contributed by atoms with van der Waals surface area (Å²) in [5, 5.41) is 10.0. The molecule has 2 aromatic heterocycles. The van der Waals surface area contributed by atoms with E-state index in [-0.39, 0.29) is 30.0 Å². The first-order chi connectivity index (χ1) is 15.1. The number of anilines is 1. The Morgan fingerprint density at radius 3 is 2.68 bits per heavy atom. The summed E-state index contributed by atoms with van der Waals surface area (Å²) >= 11 is 0. The number of rotatable bonds is 6. The lowest BCUT2D eigenvalue weighted by Crippen LogP contribution is -2.37. The third-order valence-corrected chi connectivity index (χ3v) is 5.40. The van der Waals surface area contributed by atoms with E-state index in [0.29, 0.717) is 11.3 Å². The molecule has 8 nitrogen and oxygen atoms in total. The lowest BCUT2D eigenvalue weighted by Gasteiger charge is -2.22. The summed E-state index contributed by atoms with van der Waals surface area (Å²) in [5.41, 5.74) is 1.44. The Balaban J connectivity index is 1.42. The average molecular weight is 419 g/mol. The van der Waals surface area contributed by atoms with Gasteiger partial charge < -0.3 is 15.2 Å². The summed E-state index contributed by atoms with van der Waals surface area (Å²) in [6, 6.07) is 12.1. The fraction of sp³-hybridized carbons (Fsp3) is 0.304. The maximum absolute atomic E-state index is 12.6. The van der Waals surface area contributed by atoms with Gasteiger partial charge in [-0.1, -0.05) is 25.3 Å². The normalized spacial score (nSPS) is 14.2. The zero-order chi connectivity index (χ0) is 21.6. The third kappa shape index (κ3) is 5.28. The fourth-order valence-electron chi connectivity index (χ4n) is 3.81. The van der Waals surface area contributed by atoms with E-state index in [4.69, 9.17) is 0 Å². The van der Waals surface area contributed by atoms with Gasteiger partial charge in [-0.2, -0.15) is 5.10 Å². The van der Waals surface area contributed by atoms with Gasteiger partial charge in [0.25, 0.3) is 11.5 Å². The van der Waals surface area contributed by atoms with Crippen LogP contribution in [0.5, 0.6) is 0 Å². The van der Waals surface area contributed by atoms with Gasteiger partial charge in [-0.25, -0.2) is 4.68 Å². The van der Waals surface area contributed by atoms with Gasteiger partial charge in [0.05, 0.1) is 11.3 Å². The summed E-state index contributed by atoms with van der Waals surface area (Å²) in [7, 11) is 0. The molecule has 0 bridgehead atoms. The number of nitrogens with one attached hydrogen (secondary N) is 2. The van der Waals surface area contributed by atoms with Crippen LogP contribution in [0.1, 0.15) is 42.5 Å². The van der Waals surface area contributed by atoms with Crippen LogP contribution in [0.25, 0.3) is 5.69 Å². The van der Waals surface area contributed by atoms with Crippen molar-refractivity contribution in [3.05, 3.63) is 77.0 Å². The Hall–Kier alpha value is -3.68. The fourth-order valence-corrected chi connectivity index (χ4v) is 3.81. The van der Waals surface area contributed by atoms with E-state index in [1.807, 2.05) is 24.4 Å². The molecule has 2 heterocycles. The molecule has 2 N–H and O–H groups in total. The summed E-state index contributed by atoms with van der Waals surface area (Å²) in [6.45, 7) is -0.185. The van der Waals surface area contributed by atoms with Gasteiger partial charge in [-0.3, -0.25) is 14.4 Å². The molecular formula is C23H25N5O3. The number of carbonyl (C=O) groups is 2. The van der Waals surface area contributed by atoms with Crippen LogP contribution in [0.4, 0.5) is 5.69 Å². The first-order valence-electron chi connectivity index (χ1n) is 10.5. The number of aromatic nitrogens is 3. The summed E-state index contributed by atoms with van der Waals surface area (Å²) in [6.07, 6.45) is 10.3. The van der Waals surface area contributed by atoms with Gasteiger partial charge in [0.2, 0.25) is 5.91 Å². The van der Waals surface area contributed by atoms with E-state index < -0.39 is 0 Å². The molecule has 8 heteroatoms. The second kappa shape index (κ2) is 9.42. The number of nitrogens with zero attached hydrogens (tertiary/aromatic N) is 3. The molecule has 1 saturated carbocycles. The van der Waals surface area contributed by atoms with Gasteiger partial charge in [-0.05, 0) is 43.2 Å². The third-order valence-electron chi connectivity index (χ3n) is 5.40. The highest BCUT2D eigenvalue weighted by Crippen LogP contribution is 2.18. The van der Waals surface area contributed by atoms with Gasteiger partial charge >= 0.3 is 0 Å². The Morgan fingerprint density at radius 1 is 1.06 bits per heavy atom. The molecule has 3 aromatic rings. The highest BCUT2D eigenvalue weighted by Gasteiger charge is 2.17. The molecule has 1 aliphatic carbocycles. The van der Waals surface area contributed by atoms with Crippen molar-refractivity contribution in [3.8, 4) is 5.69 Å². The number of hydrogen-bond acceptors (Lipinski definition) is 4. The van der Waals surface area contributed by atoms with E-state index in [9.17, 15) is 14.4 Å². The molecule has 1 aliphatic rings. The lowest BCUT2D eigenvalue weighted by atomic mass is 9.95. The SMILES string of the molecule is O=C(Cn1cc(C(=O)NC2CCCCC2)ccc1=O)Nc1cccc(-n2cccn2)c1. The van der Waals surface area contributed by atoms with Crippen LogP contribution in [-0.4, -0.2) is 32.2 Å². The molecule has 0 spiro atoms. The van der Waals surface area contributed by atoms with Crippen molar-refractivity contribution in [2.75, 3.05) is 5.32 Å². The minimum absolute atomic E-state index is 0.173. The molecule has 0 aliphatic heterocycles. The van der Waals surface area contributed by atoms with E-state index in [1.54, 1.807) is 23.0 Å².